The first-order chi connectivity index (χ1) is 12.1. The number of anilines is 1. The zero-order valence-corrected chi connectivity index (χ0v) is 15.2. The number of urea groups is 1. The molecule has 0 saturated carbocycles. The number of ether oxygens (including phenoxy) is 2. The summed E-state index contributed by atoms with van der Waals surface area (Å²) in [4.78, 5) is 14.8. The van der Waals surface area contributed by atoms with E-state index >= 15 is 0 Å². The highest BCUT2D eigenvalue weighted by molar-refractivity contribution is 5.91. The quantitative estimate of drug-likeness (QED) is 0.918. The first kappa shape index (κ1) is 17.2. The van der Waals surface area contributed by atoms with E-state index in [0.29, 0.717) is 23.7 Å². The zero-order chi connectivity index (χ0) is 18.0. The van der Waals surface area contributed by atoms with E-state index in [-0.39, 0.29) is 12.1 Å². The lowest BCUT2D eigenvalue weighted by Gasteiger charge is -2.37. The van der Waals surface area contributed by atoms with Gasteiger partial charge in [-0.05, 0) is 37.6 Å². The largest absolute Gasteiger partial charge is 0.497 e. The third kappa shape index (κ3) is 3.16. The number of aryl methyl sites for hydroxylation is 1. The van der Waals surface area contributed by atoms with Gasteiger partial charge in [0.1, 0.15) is 11.5 Å². The summed E-state index contributed by atoms with van der Waals surface area (Å²) in [5, 5.41) is 2.98. The zero-order valence-electron chi connectivity index (χ0n) is 15.2. The molecule has 1 aromatic carbocycles. The van der Waals surface area contributed by atoms with Crippen molar-refractivity contribution in [1.29, 1.82) is 0 Å². The molecule has 3 rings (SSSR count). The molecular formula is C19H25N3O3. The van der Waals surface area contributed by atoms with E-state index in [1.165, 1.54) is 11.4 Å². The summed E-state index contributed by atoms with van der Waals surface area (Å²) in [6.07, 6.45) is 0.867. The molecular weight excluding hydrogens is 318 g/mol. The summed E-state index contributed by atoms with van der Waals surface area (Å²) >= 11 is 0. The number of nitrogens with one attached hydrogen (secondary N) is 1. The van der Waals surface area contributed by atoms with Crippen LogP contribution >= 0.6 is 0 Å². The Morgan fingerprint density at radius 2 is 2.00 bits per heavy atom. The molecule has 134 valence electrons. The van der Waals surface area contributed by atoms with Crippen LogP contribution in [0.5, 0.6) is 11.5 Å². The molecule has 1 aromatic heterocycles. The summed E-state index contributed by atoms with van der Waals surface area (Å²) in [7, 11) is 3.19. The maximum atomic E-state index is 12.9. The van der Waals surface area contributed by atoms with Crippen LogP contribution in [0.15, 0.2) is 30.3 Å². The maximum Gasteiger partial charge on any atom is 0.322 e. The van der Waals surface area contributed by atoms with Gasteiger partial charge in [0.25, 0.3) is 0 Å². The van der Waals surface area contributed by atoms with E-state index in [2.05, 4.69) is 35.9 Å². The Bertz CT molecular complexity index is 769. The van der Waals surface area contributed by atoms with E-state index in [1.807, 2.05) is 4.90 Å². The molecule has 0 fully saturated rings. The molecule has 1 N–H and O–H groups in total. The van der Waals surface area contributed by atoms with E-state index in [9.17, 15) is 4.79 Å². The average Bonchev–Trinajstić information content (AvgIpc) is 3.01. The molecule has 1 atom stereocenters. The maximum absolute atomic E-state index is 12.9. The van der Waals surface area contributed by atoms with Gasteiger partial charge in [-0.2, -0.15) is 0 Å². The van der Waals surface area contributed by atoms with Crippen LogP contribution in [0.1, 0.15) is 30.8 Å². The number of benzene rings is 1. The van der Waals surface area contributed by atoms with Crippen molar-refractivity contribution in [3.8, 4) is 11.5 Å². The van der Waals surface area contributed by atoms with Crippen LogP contribution in [-0.4, -0.2) is 36.3 Å². The van der Waals surface area contributed by atoms with Gasteiger partial charge < -0.3 is 24.3 Å². The Kier molecular flexibility index (Phi) is 4.88. The van der Waals surface area contributed by atoms with Crippen LogP contribution < -0.4 is 14.8 Å². The van der Waals surface area contributed by atoms with Crippen molar-refractivity contribution < 1.29 is 14.3 Å². The number of rotatable bonds is 4. The summed E-state index contributed by atoms with van der Waals surface area (Å²) < 4.78 is 12.9. The van der Waals surface area contributed by atoms with E-state index in [1.54, 1.807) is 32.4 Å². The third-order valence-corrected chi connectivity index (χ3v) is 4.81. The molecule has 1 aliphatic rings. The van der Waals surface area contributed by atoms with Gasteiger partial charge in [0.2, 0.25) is 0 Å². The number of hydrogen-bond donors (Lipinski definition) is 1. The molecule has 25 heavy (non-hydrogen) atoms. The minimum absolute atomic E-state index is 0.0686. The SMILES string of the molecule is CC[C@@H]1c2ccc(C)n2CCN1C(=O)Nc1cc(OC)ccc1OC. The molecule has 2 aromatic rings. The Morgan fingerprint density at radius 3 is 2.68 bits per heavy atom. The van der Waals surface area contributed by atoms with Crippen LogP contribution in [0.25, 0.3) is 0 Å². The monoisotopic (exact) mass is 343 g/mol. The summed E-state index contributed by atoms with van der Waals surface area (Å²) in [6, 6.07) is 9.55. The normalized spacial score (nSPS) is 16.3. The third-order valence-electron chi connectivity index (χ3n) is 4.81. The van der Waals surface area contributed by atoms with E-state index < -0.39 is 0 Å². The number of nitrogens with zero attached hydrogens (tertiary/aromatic N) is 2. The molecule has 1 aliphatic heterocycles. The van der Waals surface area contributed by atoms with Crippen molar-refractivity contribution in [2.45, 2.75) is 32.9 Å². The van der Waals surface area contributed by atoms with E-state index in [4.69, 9.17) is 9.47 Å². The van der Waals surface area contributed by atoms with Crippen molar-refractivity contribution in [2.75, 3.05) is 26.1 Å². The van der Waals surface area contributed by atoms with Gasteiger partial charge in [0, 0.05) is 30.5 Å². The lowest BCUT2D eigenvalue weighted by Crippen LogP contribution is -2.44. The topological polar surface area (TPSA) is 55.7 Å². The first-order valence-electron chi connectivity index (χ1n) is 8.54. The Balaban J connectivity index is 1.84. The number of carbonyl (C=O) groups is 1. The number of fused-ring (bicyclic) bond motifs is 1. The van der Waals surface area contributed by atoms with Gasteiger partial charge in [-0.3, -0.25) is 0 Å². The van der Waals surface area contributed by atoms with Crippen LogP contribution in [0, 0.1) is 6.92 Å². The molecule has 0 radical (unpaired) electrons. The Morgan fingerprint density at radius 1 is 1.20 bits per heavy atom. The van der Waals surface area contributed by atoms with Crippen LogP contribution in [-0.2, 0) is 6.54 Å². The molecule has 2 amide bonds. The number of amides is 2. The van der Waals surface area contributed by atoms with Crippen LogP contribution in [0.2, 0.25) is 0 Å². The van der Waals surface area contributed by atoms with Crippen molar-refractivity contribution in [3.63, 3.8) is 0 Å². The Hall–Kier alpha value is -2.63. The van der Waals surface area contributed by atoms with Gasteiger partial charge in [-0.1, -0.05) is 6.92 Å². The second-order valence-electron chi connectivity index (χ2n) is 6.17. The van der Waals surface area contributed by atoms with Crippen LogP contribution in [0.3, 0.4) is 0 Å². The molecule has 0 unspecified atom stereocenters. The molecule has 6 nitrogen and oxygen atoms in total. The minimum atomic E-state index is -0.122. The number of methoxy groups -OCH3 is 2. The van der Waals surface area contributed by atoms with Gasteiger partial charge in [-0.15, -0.1) is 0 Å². The molecule has 0 spiro atoms. The van der Waals surface area contributed by atoms with Gasteiger partial charge in [-0.25, -0.2) is 4.79 Å². The van der Waals surface area contributed by atoms with Gasteiger partial charge in [0.15, 0.2) is 0 Å². The summed E-state index contributed by atoms with van der Waals surface area (Å²) in [5.41, 5.74) is 3.04. The highest BCUT2D eigenvalue weighted by atomic mass is 16.5. The van der Waals surface area contributed by atoms with Crippen molar-refractivity contribution >= 4 is 11.7 Å². The fourth-order valence-corrected chi connectivity index (χ4v) is 3.48. The summed E-state index contributed by atoms with van der Waals surface area (Å²) in [5.74, 6) is 1.28. The predicted octanol–water partition coefficient (Wildman–Crippen LogP) is 3.81. The molecule has 2 heterocycles. The number of aromatic nitrogens is 1. The van der Waals surface area contributed by atoms with Gasteiger partial charge in [0.05, 0.1) is 25.9 Å². The number of carbonyl (C=O) groups excluding carboxylic acids is 1. The molecule has 0 saturated heterocycles. The average molecular weight is 343 g/mol. The predicted molar refractivity (Wildman–Crippen MR) is 97.5 cm³/mol. The lowest BCUT2D eigenvalue weighted by molar-refractivity contribution is 0.165. The second-order valence-corrected chi connectivity index (χ2v) is 6.17. The molecule has 0 aliphatic carbocycles. The smallest absolute Gasteiger partial charge is 0.322 e. The molecule has 0 bridgehead atoms. The fourth-order valence-electron chi connectivity index (χ4n) is 3.48. The Labute approximate surface area is 148 Å². The number of hydrogen-bond acceptors (Lipinski definition) is 3. The fraction of sp³-hybridized carbons (Fsp3) is 0.421. The highest BCUT2D eigenvalue weighted by Crippen LogP contribution is 2.33. The van der Waals surface area contributed by atoms with E-state index in [0.717, 1.165) is 13.0 Å². The second kappa shape index (κ2) is 7.09. The van der Waals surface area contributed by atoms with Crippen molar-refractivity contribution in [2.24, 2.45) is 0 Å². The minimum Gasteiger partial charge on any atom is -0.497 e. The van der Waals surface area contributed by atoms with Crippen LogP contribution in [0.4, 0.5) is 10.5 Å². The molecule has 6 heteroatoms. The first-order valence-corrected chi connectivity index (χ1v) is 8.54. The highest BCUT2D eigenvalue weighted by Gasteiger charge is 2.30. The van der Waals surface area contributed by atoms with Crippen molar-refractivity contribution in [3.05, 3.63) is 41.7 Å². The summed E-state index contributed by atoms with van der Waals surface area (Å²) in [6.45, 7) is 5.70. The standard InChI is InChI=1S/C19H25N3O3/c1-5-16-17-8-6-13(2)21(17)10-11-22(16)19(23)20-15-12-14(24-3)7-9-18(15)25-4/h6-9,12,16H,5,10-11H2,1-4H3,(H,20,23)/t16-/m1/s1. The van der Waals surface area contributed by atoms with Crippen molar-refractivity contribution in [1.82, 2.24) is 9.47 Å². The van der Waals surface area contributed by atoms with Gasteiger partial charge >= 0.3 is 6.03 Å². The lowest BCUT2D eigenvalue weighted by atomic mass is 10.1.